The Morgan fingerprint density at radius 2 is 2.30 bits per heavy atom. The van der Waals surface area contributed by atoms with Gasteiger partial charge < -0.3 is 10.4 Å². The van der Waals surface area contributed by atoms with Gasteiger partial charge >= 0.3 is 5.97 Å². The van der Waals surface area contributed by atoms with Crippen molar-refractivity contribution in [2.45, 2.75) is 12.1 Å². The number of carbonyl (C=O) groups is 1. The van der Waals surface area contributed by atoms with Crippen molar-refractivity contribution in [1.82, 2.24) is 30.2 Å². The highest BCUT2D eigenvalue weighted by molar-refractivity contribution is 7.99. The van der Waals surface area contributed by atoms with Crippen molar-refractivity contribution in [3.8, 4) is 0 Å². The minimum atomic E-state index is -0.943. The van der Waals surface area contributed by atoms with Crippen molar-refractivity contribution >= 4 is 45.1 Å². The number of nitrogens with zero attached hydrogens (tertiary/aromatic N) is 6. The standard InChI is InChI=1S/C12H13N7O2S2/c1-6-7-9(13-3-4-22-12-16-17-18-19(12)2)14-5-15-10(7)23-8(6)11(20)21/h5H,3-4H2,1-2H3,(H,20,21)(H,13,14,15). The van der Waals surface area contributed by atoms with Gasteiger partial charge in [-0.1, -0.05) is 11.8 Å². The zero-order chi connectivity index (χ0) is 16.4. The van der Waals surface area contributed by atoms with Crippen LogP contribution in [0.25, 0.3) is 10.2 Å². The zero-order valence-electron chi connectivity index (χ0n) is 12.3. The van der Waals surface area contributed by atoms with Crippen LogP contribution in [0, 0.1) is 6.92 Å². The van der Waals surface area contributed by atoms with Gasteiger partial charge in [-0.05, 0) is 22.9 Å². The molecule has 3 aromatic heterocycles. The molecule has 0 atom stereocenters. The van der Waals surface area contributed by atoms with Gasteiger partial charge in [0.1, 0.15) is 21.9 Å². The molecule has 3 rings (SSSR count). The van der Waals surface area contributed by atoms with E-state index in [2.05, 4.69) is 30.8 Å². The number of thiophene rings is 1. The molecule has 11 heteroatoms. The number of aromatic carboxylic acids is 1. The van der Waals surface area contributed by atoms with Crippen LogP contribution in [0.5, 0.6) is 0 Å². The summed E-state index contributed by atoms with van der Waals surface area (Å²) in [7, 11) is 1.78. The van der Waals surface area contributed by atoms with Crippen molar-refractivity contribution in [3.05, 3.63) is 16.8 Å². The minimum Gasteiger partial charge on any atom is -0.477 e. The highest BCUT2D eigenvalue weighted by Crippen LogP contribution is 2.33. The lowest BCUT2D eigenvalue weighted by molar-refractivity contribution is 0.0701. The molecule has 0 aliphatic heterocycles. The summed E-state index contributed by atoms with van der Waals surface area (Å²) >= 11 is 2.68. The van der Waals surface area contributed by atoms with Crippen LogP contribution in [-0.4, -0.2) is 53.5 Å². The van der Waals surface area contributed by atoms with Crippen molar-refractivity contribution in [1.29, 1.82) is 0 Å². The number of aryl methyl sites for hydroxylation is 2. The summed E-state index contributed by atoms with van der Waals surface area (Å²) in [6.07, 6.45) is 1.44. The third-order valence-corrected chi connectivity index (χ3v) is 5.33. The Morgan fingerprint density at radius 3 is 3.00 bits per heavy atom. The van der Waals surface area contributed by atoms with Crippen molar-refractivity contribution < 1.29 is 9.90 Å². The molecular weight excluding hydrogens is 338 g/mol. The second-order valence-corrected chi connectivity index (χ2v) is 6.69. The monoisotopic (exact) mass is 351 g/mol. The molecule has 2 N–H and O–H groups in total. The Hall–Kier alpha value is -2.27. The van der Waals surface area contributed by atoms with Gasteiger partial charge in [0.05, 0.1) is 5.39 Å². The van der Waals surface area contributed by atoms with Gasteiger partial charge in [0.25, 0.3) is 0 Å². The van der Waals surface area contributed by atoms with E-state index in [-0.39, 0.29) is 0 Å². The summed E-state index contributed by atoms with van der Waals surface area (Å²) in [5, 5.41) is 25.2. The first-order valence-corrected chi connectivity index (χ1v) is 8.44. The van der Waals surface area contributed by atoms with E-state index in [4.69, 9.17) is 0 Å². The number of anilines is 1. The van der Waals surface area contributed by atoms with E-state index in [0.717, 1.165) is 27.6 Å². The first kappa shape index (κ1) is 15.6. The van der Waals surface area contributed by atoms with E-state index in [0.29, 0.717) is 27.6 Å². The maximum atomic E-state index is 11.2. The largest absolute Gasteiger partial charge is 0.477 e. The van der Waals surface area contributed by atoms with Crippen LogP contribution < -0.4 is 5.32 Å². The molecule has 0 amide bonds. The molecule has 23 heavy (non-hydrogen) atoms. The first-order chi connectivity index (χ1) is 11.1. The summed E-state index contributed by atoms with van der Waals surface area (Å²) in [5.74, 6) is 0.448. The van der Waals surface area contributed by atoms with Crippen LogP contribution in [-0.2, 0) is 7.05 Å². The van der Waals surface area contributed by atoms with E-state index >= 15 is 0 Å². The van der Waals surface area contributed by atoms with Crippen LogP contribution in [0.4, 0.5) is 5.82 Å². The molecule has 0 aliphatic rings. The number of hydrogen-bond acceptors (Lipinski definition) is 9. The fourth-order valence-electron chi connectivity index (χ4n) is 2.06. The molecule has 0 aliphatic carbocycles. The Balaban J connectivity index is 1.73. The molecule has 0 radical (unpaired) electrons. The molecule has 0 unspecified atom stereocenters. The summed E-state index contributed by atoms with van der Waals surface area (Å²) in [6.45, 7) is 2.41. The Kier molecular flexibility index (Phi) is 4.39. The van der Waals surface area contributed by atoms with Gasteiger partial charge in [-0.25, -0.2) is 19.4 Å². The van der Waals surface area contributed by atoms with E-state index in [1.807, 2.05) is 0 Å². The van der Waals surface area contributed by atoms with E-state index in [1.165, 1.54) is 18.1 Å². The van der Waals surface area contributed by atoms with Gasteiger partial charge in [0, 0.05) is 19.3 Å². The molecule has 0 spiro atoms. The van der Waals surface area contributed by atoms with Crippen LogP contribution in [0.1, 0.15) is 15.2 Å². The predicted molar refractivity (Wildman–Crippen MR) is 87.1 cm³/mol. The molecule has 0 fully saturated rings. The van der Waals surface area contributed by atoms with E-state index < -0.39 is 5.97 Å². The van der Waals surface area contributed by atoms with Crippen LogP contribution in [0.15, 0.2) is 11.5 Å². The fourth-order valence-corrected chi connectivity index (χ4v) is 3.76. The summed E-state index contributed by atoms with van der Waals surface area (Å²) in [5.41, 5.74) is 0.686. The molecule has 9 nitrogen and oxygen atoms in total. The second-order valence-electron chi connectivity index (χ2n) is 4.62. The van der Waals surface area contributed by atoms with Crippen LogP contribution >= 0.6 is 23.1 Å². The number of tetrazole rings is 1. The van der Waals surface area contributed by atoms with E-state index in [9.17, 15) is 9.90 Å². The van der Waals surface area contributed by atoms with Crippen LogP contribution in [0.2, 0.25) is 0 Å². The molecular formula is C12H13N7O2S2. The lowest BCUT2D eigenvalue weighted by atomic mass is 10.2. The Labute approximate surface area is 139 Å². The number of nitrogens with one attached hydrogen (secondary N) is 1. The number of aromatic nitrogens is 6. The number of carboxylic acids is 1. The first-order valence-electron chi connectivity index (χ1n) is 6.64. The Bertz CT molecular complexity index is 860. The smallest absolute Gasteiger partial charge is 0.346 e. The van der Waals surface area contributed by atoms with Crippen molar-refractivity contribution in [2.24, 2.45) is 7.05 Å². The average molecular weight is 351 g/mol. The number of fused-ring (bicyclic) bond motifs is 1. The maximum Gasteiger partial charge on any atom is 0.346 e. The fraction of sp³-hybridized carbons (Fsp3) is 0.333. The molecule has 3 aromatic rings. The molecule has 0 aromatic carbocycles. The van der Waals surface area contributed by atoms with Gasteiger partial charge in [-0.15, -0.1) is 16.4 Å². The minimum absolute atomic E-state index is 0.295. The molecule has 3 heterocycles. The number of hydrogen-bond donors (Lipinski definition) is 2. The third kappa shape index (κ3) is 3.10. The maximum absolute atomic E-state index is 11.2. The van der Waals surface area contributed by atoms with Crippen LogP contribution in [0.3, 0.4) is 0 Å². The SMILES string of the molecule is Cc1c(C(=O)O)sc2ncnc(NCCSc3nnnn3C)c12. The van der Waals surface area contributed by atoms with Crippen molar-refractivity contribution in [3.63, 3.8) is 0 Å². The average Bonchev–Trinajstić information content (AvgIpc) is 3.08. The number of carboxylic acid groups (broad SMARTS) is 1. The normalized spacial score (nSPS) is 11.0. The highest BCUT2D eigenvalue weighted by Gasteiger charge is 2.18. The van der Waals surface area contributed by atoms with Gasteiger partial charge in [0.15, 0.2) is 0 Å². The lowest BCUT2D eigenvalue weighted by Crippen LogP contribution is -2.07. The lowest BCUT2D eigenvalue weighted by Gasteiger charge is -2.06. The third-order valence-electron chi connectivity index (χ3n) is 3.13. The quantitative estimate of drug-likeness (QED) is 0.502. The van der Waals surface area contributed by atoms with Crippen molar-refractivity contribution in [2.75, 3.05) is 17.6 Å². The molecule has 120 valence electrons. The Morgan fingerprint density at radius 1 is 1.48 bits per heavy atom. The number of rotatable bonds is 6. The molecule has 0 saturated heterocycles. The second kappa shape index (κ2) is 6.46. The van der Waals surface area contributed by atoms with Gasteiger partial charge in [0.2, 0.25) is 5.16 Å². The topological polar surface area (TPSA) is 119 Å². The summed E-state index contributed by atoms with van der Waals surface area (Å²) < 4.78 is 1.61. The predicted octanol–water partition coefficient (Wildman–Crippen LogP) is 1.43. The molecule has 0 saturated carbocycles. The van der Waals surface area contributed by atoms with E-state index in [1.54, 1.807) is 18.7 Å². The number of thioether (sulfide) groups is 1. The van der Waals surface area contributed by atoms with Gasteiger partial charge in [-0.2, -0.15) is 0 Å². The van der Waals surface area contributed by atoms with Gasteiger partial charge in [-0.3, -0.25) is 0 Å². The summed E-state index contributed by atoms with van der Waals surface area (Å²) in [6, 6.07) is 0. The highest BCUT2D eigenvalue weighted by atomic mass is 32.2. The molecule has 0 bridgehead atoms. The summed E-state index contributed by atoms with van der Waals surface area (Å²) in [4.78, 5) is 20.6. The zero-order valence-corrected chi connectivity index (χ0v) is 14.0.